The molecule has 0 radical (unpaired) electrons. The molecule has 2 fully saturated rings. The molecule has 11 heavy (non-hydrogen) atoms. The van der Waals surface area contributed by atoms with Crippen LogP contribution >= 0.6 is 0 Å². The minimum atomic E-state index is 0.915. The summed E-state index contributed by atoms with van der Waals surface area (Å²) in [5, 5.41) is 0. The van der Waals surface area contributed by atoms with Gasteiger partial charge in [0.05, 0.1) is 0 Å². The van der Waals surface area contributed by atoms with Crippen LogP contribution in [0.5, 0.6) is 0 Å². The summed E-state index contributed by atoms with van der Waals surface area (Å²) in [6.45, 7) is 0.946. The summed E-state index contributed by atoms with van der Waals surface area (Å²) in [7, 11) is 0. The van der Waals surface area contributed by atoms with E-state index in [0.717, 1.165) is 24.3 Å². The lowest BCUT2D eigenvalue weighted by molar-refractivity contribution is 0.310. The lowest BCUT2D eigenvalue weighted by Crippen LogP contribution is -2.12. The second-order valence-electron chi connectivity index (χ2n) is 4.29. The van der Waals surface area contributed by atoms with Gasteiger partial charge in [0.25, 0.3) is 0 Å². The quantitative estimate of drug-likeness (QED) is 0.646. The lowest BCUT2D eigenvalue weighted by Gasteiger charge is -2.21. The minimum Gasteiger partial charge on any atom is -0.330 e. The molecular weight excluding hydrogens is 134 g/mol. The topological polar surface area (TPSA) is 26.0 Å². The molecule has 0 heterocycles. The van der Waals surface area contributed by atoms with Crippen molar-refractivity contribution in [2.24, 2.45) is 23.5 Å². The molecule has 2 rings (SSSR count). The van der Waals surface area contributed by atoms with Crippen LogP contribution in [0.1, 0.15) is 38.5 Å². The SMILES string of the molecule is NCC1CC1C1CCCCC1. The normalized spacial score (nSPS) is 39.0. The highest BCUT2D eigenvalue weighted by Gasteiger charge is 2.41. The van der Waals surface area contributed by atoms with Crippen molar-refractivity contribution in [1.82, 2.24) is 0 Å². The third kappa shape index (κ3) is 1.58. The maximum absolute atomic E-state index is 5.63. The summed E-state index contributed by atoms with van der Waals surface area (Å²) in [5.41, 5.74) is 5.63. The van der Waals surface area contributed by atoms with Crippen molar-refractivity contribution in [2.75, 3.05) is 6.54 Å². The van der Waals surface area contributed by atoms with Crippen molar-refractivity contribution in [3.05, 3.63) is 0 Å². The third-order valence-electron chi connectivity index (χ3n) is 3.54. The number of rotatable bonds is 2. The van der Waals surface area contributed by atoms with Crippen LogP contribution in [0.3, 0.4) is 0 Å². The minimum absolute atomic E-state index is 0.915. The van der Waals surface area contributed by atoms with E-state index in [0.29, 0.717) is 0 Å². The fraction of sp³-hybridized carbons (Fsp3) is 1.00. The van der Waals surface area contributed by atoms with E-state index in [1.54, 1.807) is 0 Å². The van der Waals surface area contributed by atoms with Crippen LogP contribution in [-0.2, 0) is 0 Å². The molecule has 0 aromatic heterocycles. The average Bonchev–Trinajstić information content (AvgIpc) is 2.85. The van der Waals surface area contributed by atoms with Gasteiger partial charge in [0.2, 0.25) is 0 Å². The Morgan fingerprint density at radius 3 is 2.36 bits per heavy atom. The predicted octanol–water partition coefficient (Wildman–Crippen LogP) is 2.16. The summed E-state index contributed by atoms with van der Waals surface area (Å²) < 4.78 is 0. The first-order chi connectivity index (χ1) is 5.42. The highest BCUT2D eigenvalue weighted by atomic mass is 14.6. The zero-order chi connectivity index (χ0) is 7.68. The summed E-state index contributed by atoms with van der Waals surface area (Å²) in [5.74, 6) is 3.02. The maximum atomic E-state index is 5.63. The first-order valence-corrected chi connectivity index (χ1v) is 5.12. The van der Waals surface area contributed by atoms with Gasteiger partial charge >= 0.3 is 0 Å². The van der Waals surface area contributed by atoms with Crippen LogP contribution < -0.4 is 5.73 Å². The molecule has 2 unspecified atom stereocenters. The molecule has 2 aliphatic rings. The van der Waals surface area contributed by atoms with Crippen LogP contribution in [0.4, 0.5) is 0 Å². The van der Waals surface area contributed by atoms with Crippen molar-refractivity contribution in [2.45, 2.75) is 38.5 Å². The maximum Gasteiger partial charge on any atom is -0.00460 e. The van der Waals surface area contributed by atoms with Crippen LogP contribution in [0.2, 0.25) is 0 Å². The van der Waals surface area contributed by atoms with Gasteiger partial charge in [0.15, 0.2) is 0 Å². The van der Waals surface area contributed by atoms with E-state index in [2.05, 4.69) is 0 Å². The Hall–Kier alpha value is -0.0400. The largest absolute Gasteiger partial charge is 0.330 e. The fourth-order valence-corrected chi connectivity index (χ4v) is 2.68. The number of hydrogen-bond donors (Lipinski definition) is 1. The summed E-state index contributed by atoms with van der Waals surface area (Å²) >= 11 is 0. The monoisotopic (exact) mass is 153 g/mol. The fourth-order valence-electron chi connectivity index (χ4n) is 2.68. The average molecular weight is 153 g/mol. The van der Waals surface area contributed by atoms with Crippen molar-refractivity contribution in [1.29, 1.82) is 0 Å². The molecular formula is C10H19N. The Labute approximate surface area is 69.4 Å². The molecule has 0 amide bonds. The molecule has 0 bridgehead atoms. The third-order valence-corrected chi connectivity index (χ3v) is 3.54. The van der Waals surface area contributed by atoms with Gasteiger partial charge in [-0.1, -0.05) is 32.1 Å². The van der Waals surface area contributed by atoms with Gasteiger partial charge in [0, 0.05) is 0 Å². The highest BCUT2D eigenvalue weighted by Crippen LogP contribution is 2.48. The van der Waals surface area contributed by atoms with Gasteiger partial charge in [-0.3, -0.25) is 0 Å². The van der Waals surface area contributed by atoms with Crippen LogP contribution in [0, 0.1) is 17.8 Å². The van der Waals surface area contributed by atoms with E-state index >= 15 is 0 Å². The molecule has 0 aliphatic heterocycles. The zero-order valence-corrected chi connectivity index (χ0v) is 7.26. The number of hydrogen-bond acceptors (Lipinski definition) is 1. The molecule has 1 heteroatoms. The second-order valence-corrected chi connectivity index (χ2v) is 4.29. The van der Waals surface area contributed by atoms with Crippen LogP contribution in [0.15, 0.2) is 0 Å². The summed E-state index contributed by atoms with van der Waals surface area (Å²) in [6.07, 6.45) is 8.90. The lowest BCUT2D eigenvalue weighted by atomic mass is 9.85. The van der Waals surface area contributed by atoms with Crippen molar-refractivity contribution < 1.29 is 0 Å². The standard InChI is InChI=1S/C10H19N/c11-7-9-6-10(9)8-4-2-1-3-5-8/h8-10H,1-7,11H2. The second kappa shape index (κ2) is 3.14. The Bertz CT molecular complexity index is 127. The molecule has 2 N–H and O–H groups in total. The number of nitrogens with two attached hydrogens (primary N) is 1. The van der Waals surface area contributed by atoms with Gasteiger partial charge in [-0.2, -0.15) is 0 Å². The van der Waals surface area contributed by atoms with E-state index in [4.69, 9.17) is 5.73 Å². The molecule has 0 saturated heterocycles. The zero-order valence-electron chi connectivity index (χ0n) is 7.26. The van der Waals surface area contributed by atoms with Crippen LogP contribution in [0.25, 0.3) is 0 Å². The summed E-state index contributed by atoms with van der Waals surface area (Å²) in [4.78, 5) is 0. The van der Waals surface area contributed by atoms with Gasteiger partial charge in [-0.25, -0.2) is 0 Å². The molecule has 2 aliphatic carbocycles. The van der Waals surface area contributed by atoms with E-state index in [1.165, 1.54) is 38.5 Å². The van der Waals surface area contributed by atoms with Crippen molar-refractivity contribution in [3.63, 3.8) is 0 Å². The van der Waals surface area contributed by atoms with Crippen LogP contribution in [-0.4, -0.2) is 6.54 Å². The molecule has 2 atom stereocenters. The van der Waals surface area contributed by atoms with Gasteiger partial charge in [-0.05, 0) is 30.7 Å². The molecule has 0 aromatic rings. The first kappa shape index (κ1) is 7.60. The van der Waals surface area contributed by atoms with E-state index in [9.17, 15) is 0 Å². The molecule has 1 nitrogen and oxygen atoms in total. The molecule has 0 spiro atoms. The molecule has 64 valence electrons. The molecule has 2 saturated carbocycles. The Balaban J connectivity index is 1.77. The van der Waals surface area contributed by atoms with Gasteiger partial charge < -0.3 is 5.73 Å². The van der Waals surface area contributed by atoms with Gasteiger partial charge in [-0.15, -0.1) is 0 Å². The van der Waals surface area contributed by atoms with E-state index in [1.807, 2.05) is 0 Å². The summed E-state index contributed by atoms with van der Waals surface area (Å²) in [6, 6.07) is 0. The highest BCUT2D eigenvalue weighted by molar-refractivity contribution is 4.92. The Morgan fingerprint density at radius 1 is 1.09 bits per heavy atom. The van der Waals surface area contributed by atoms with Crippen molar-refractivity contribution in [3.8, 4) is 0 Å². The Morgan fingerprint density at radius 2 is 1.82 bits per heavy atom. The van der Waals surface area contributed by atoms with E-state index < -0.39 is 0 Å². The molecule has 0 aromatic carbocycles. The smallest absolute Gasteiger partial charge is 0.00460 e. The predicted molar refractivity (Wildman–Crippen MR) is 47.2 cm³/mol. The van der Waals surface area contributed by atoms with Gasteiger partial charge in [0.1, 0.15) is 0 Å². The van der Waals surface area contributed by atoms with E-state index in [-0.39, 0.29) is 0 Å². The Kier molecular flexibility index (Phi) is 2.17. The first-order valence-electron chi connectivity index (χ1n) is 5.12. The van der Waals surface area contributed by atoms with Crippen molar-refractivity contribution >= 4 is 0 Å².